The van der Waals surface area contributed by atoms with E-state index in [1.807, 2.05) is 0 Å². The molecule has 2 heterocycles. The zero-order chi connectivity index (χ0) is 14.6. The van der Waals surface area contributed by atoms with Crippen LogP contribution in [0.2, 0.25) is 0 Å². The van der Waals surface area contributed by atoms with Crippen molar-refractivity contribution in [1.29, 1.82) is 0 Å². The van der Waals surface area contributed by atoms with E-state index >= 15 is 0 Å². The summed E-state index contributed by atoms with van der Waals surface area (Å²) in [5.74, 6) is 0.646. The maximum absolute atomic E-state index is 2.79. The van der Waals surface area contributed by atoms with Crippen LogP contribution in [0.5, 0.6) is 0 Å². The van der Waals surface area contributed by atoms with Crippen LogP contribution in [0.1, 0.15) is 55.7 Å². The molecule has 1 unspecified atom stereocenters. The second kappa shape index (κ2) is 4.82. The van der Waals surface area contributed by atoms with Crippen LogP contribution in [-0.2, 0) is 12.0 Å². The van der Waals surface area contributed by atoms with Crippen molar-refractivity contribution in [3.05, 3.63) is 34.9 Å². The first-order chi connectivity index (χ1) is 10.1. The molecule has 4 rings (SSSR count). The smallest absolute Gasteiger partial charge is 0.0240 e. The van der Waals surface area contributed by atoms with Crippen molar-refractivity contribution >= 4 is 0 Å². The number of likely N-dealkylation sites (N-methyl/N-ethyl adjacent to an activating group) is 1. The van der Waals surface area contributed by atoms with E-state index in [-0.39, 0.29) is 0 Å². The summed E-state index contributed by atoms with van der Waals surface area (Å²) in [6.07, 6.45) is 4.16. The Kier molecular flexibility index (Phi) is 3.16. The minimum Gasteiger partial charge on any atom is -0.305 e. The van der Waals surface area contributed by atoms with Crippen molar-refractivity contribution in [3.8, 4) is 0 Å². The molecule has 21 heavy (non-hydrogen) atoms. The third-order valence-electron chi connectivity index (χ3n) is 5.99. The molecule has 1 atom stereocenters. The molecule has 1 aliphatic carbocycles. The zero-order valence-corrected chi connectivity index (χ0v) is 13.7. The predicted octanol–water partition coefficient (Wildman–Crippen LogP) is 3.36. The SMILES string of the molecule is CC(C)c1ccc2c(c1)C1(CC1)CN(C1CCN(C)C1)C2. The Morgan fingerprint density at radius 2 is 2.05 bits per heavy atom. The first kappa shape index (κ1) is 13.8. The molecule has 2 aliphatic heterocycles. The summed E-state index contributed by atoms with van der Waals surface area (Å²) in [5, 5.41) is 0. The highest BCUT2D eigenvalue weighted by Crippen LogP contribution is 2.53. The summed E-state index contributed by atoms with van der Waals surface area (Å²) in [6, 6.07) is 8.11. The van der Waals surface area contributed by atoms with Gasteiger partial charge in [-0.3, -0.25) is 4.90 Å². The van der Waals surface area contributed by atoms with E-state index in [2.05, 4.69) is 48.9 Å². The molecule has 2 nitrogen and oxygen atoms in total. The average molecular weight is 284 g/mol. The maximum atomic E-state index is 2.79. The number of benzene rings is 1. The monoisotopic (exact) mass is 284 g/mol. The predicted molar refractivity (Wildman–Crippen MR) is 87.8 cm³/mol. The molecule has 1 aromatic carbocycles. The molecule has 2 fully saturated rings. The van der Waals surface area contributed by atoms with Gasteiger partial charge in [0.15, 0.2) is 0 Å². The van der Waals surface area contributed by atoms with Crippen molar-refractivity contribution in [2.45, 2.75) is 57.0 Å². The fraction of sp³-hybridized carbons (Fsp3) is 0.684. The number of rotatable bonds is 2. The van der Waals surface area contributed by atoms with Crippen molar-refractivity contribution in [3.63, 3.8) is 0 Å². The number of hydrogen-bond donors (Lipinski definition) is 0. The Labute approximate surface area is 129 Å². The minimum absolute atomic E-state index is 0.514. The number of likely N-dealkylation sites (tertiary alicyclic amines) is 1. The van der Waals surface area contributed by atoms with Gasteiger partial charge in [-0.1, -0.05) is 32.0 Å². The molecule has 3 aliphatic rings. The summed E-state index contributed by atoms with van der Waals surface area (Å²) >= 11 is 0. The zero-order valence-electron chi connectivity index (χ0n) is 13.7. The van der Waals surface area contributed by atoms with E-state index in [4.69, 9.17) is 0 Å². The lowest BCUT2D eigenvalue weighted by molar-refractivity contribution is 0.157. The van der Waals surface area contributed by atoms with Gasteiger partial charge in [-0.05, 0) is 55.5 Å². The van der Waals surface area contributed by atoms with Gasteiger partial charge in [0.05, 0.1) is 0 Å². The summed E-state index contributed by atoms with van der Waals surface area (Å²) in [5.41, 5.74) is 5.34. The normalized spacial score (nSPS) is 28.3. The van der Waals surface area contributed by atoms with E-state index in [9.17, 15) is 0 Å². The highest BCUT2D eigenvalue weighted by molar-refractivity contribution is 5.44. The van der Waals surface area contributed by atoms with Gasteiger partial charge in [0.2, 0.25) is 0 Å². The standard InChI is InChI=1S/C19H28N2/c1-14(2)15-4-5-16-11-21(17-6-9-20(3)12-17)13-19(7-8-19)18(16)10-15/h4-5,10,14,17H,6-9,11-13H2,1-3H3. The first-order valence-electron chi connectivity index (χ1n) is 8.63. The van der Waals surface area contributed by atoms with Crippen molar-refractivity contribution in [2.75, 3.05) is 26.7 Å². The molecule has 114 valence electrons. The number of nitrogens with zero attached hydrogens (tertiary/aromatic N) is 2. The van der Waals surface area contributed by atoms with Crippen molar-refractivity contribution in [2.24, 2.45) is 0 Å². The Morgan fingerprint density at radius 1 is 1.24 bits per heavy atom. The first-order valence-corrected chi connectivity index (χ1v) is 8.63. The minimum atomic E-state index is 0.514. The lowest BCUT2D eigenvalue weighted by Crippen LogP contribution is -2.45. The fourth-order valence-corrected chi connectivity index (χ4v) is 4.38. The maximum Gasteiger partial charge on any atom is 0.0240 e. The van der Waals surface area contributed by atoms with Crippen LogP contribution < -0.4 is 0 Å². The molecule has 1 saturated heterocycles. The Morgan fingerprint density at radius 3 is 2.67 bits per heavy atom. The van der Waals surface area contributed by atoms with Gasteiger partial charge in [-0.25, -0.2) is 0 Å². The van der Waals surface area contributed by atoms with Crippen molar-refractivity contribution in [1.82, 2.24) is 9.80 Å². The summed E-state index contributed by atoms with van der Waals surface area (Å²) in [4.78, 5) is 5.27. The molecule has 0 N–H and O–H groups in total. The molecule has 2 heteroatoms. The van der Waals surface area contributed by atoms with Crippen LogP contribution in [0.3, 0.4) is 0 Å². The van der Waals surface area contributed by atoms with E-state index < -0.39 is 0 Å². The van der Waals surface area contributed by atoms with Gasteiger partial charge in [-0.15, -0.1) is 0 Å². The Hall–Kier alpha value is -0.860. The van der Waals surface area contributed by atoms with Gasteiger partial charge >= 0.3 is 0 Å². The molecule has 1 saturated carbocycles. The van der Waals surface area contributed by atoms with Gasteiger partial charge < -0.3 is 4.90 Å². The van der Waals surface area contributed by atoms with Crippen LogP contribution >= 0.6 is 0 Å². The van der Waals surface area contributed by atoms with Crippen LogP contribution in [-0.4, -0.2) is 42.5 Å². The Bertz CT molecular complexity index is 544. The van der Waals surface area contributed by atoms with Gasteiger partial charge in [0.1, 0.15) is 0 Å². The lowest BCUT2D eigenvalue weighted by Gasteiger charge is -2.39. The quantitative estimate of drug-likeness (QED) is 0.821. The second-order valence-electron chi connectivity index (χ2n) is 7.96. The molecule has 0 radical (unpaired) electrons. The van der Waals surface area contributed by atoms with Crippen LogP contribution in [0.15, 0.2) is 18.2 Å². The van der Waals surface area contributed by atoms with E-state index in [0.717, 1.165) is 6.04 Å². The largest absolute Gasteiger partial charge is 0.305 e. The van der Waals surface area contributed by atoms with E-state index in [1.165, 1.54) is 51.0 Å². The topological polar surface area (TPSA) is 6.48 Å². The third kappa shape index (κ3) is 2.33. The molecule has 1 aromatic rings. The lowest BCUT2D eigenvalue weighted by atomic mass is 9.83. The molecular weight excluding hydrogens is 256 g/mol. The van der Waals surface area contributed by atoms with Crippen molar-refractivity contribution < 1.29 is 0 Å². The molecule has 1 spiro atoms. The van der Waals surface area contributed by atoms with Crippen LogP contribution in [0.25, 0.3) is 0 Å². The molecular formula is C19H28N2. The van der Waals surface area contributed by atoms with Gasteiger partial charge in [-0.2, -0.15) is 0 Å². The molecule has 0 amide bonds. The van der Waals surface area contributed by atoms with Gasteiger partial charge in [0, 0.05) is 31.1 Å². The Balaban J connectivity index is 1.64. The van der Waals surface area contributed by atoms with Crippen LogP contribution in [0, 0.1) is 0 Å². The number of fused-ring (bicyclic) bond motifs is 2. The molecule has 0 bridgehead atoms. The second-order valence-corrected chi connectivity index (χ2v) is 7.96. The number of hydrogen-bond acceptors (Lipinski definition) is 2. The molecule has 0 aromatic heterocycles. The third-order valence-corrected chi connectivity index (χ3v) is 5.99. The highest BCUT2D eigenvalue weighted by Gasteiger charge is 2.50. The fourth-order valence-electron chi connectivity index (χ4n) is 4.38. The summed E-state index contributed by atoms with van der Waals surface area (Å²) in [6.45, 7) is 9.63. The summed E-state index contributed by atoms with van der Waals surface area (Å²) < 4.78 is 0. The van der Waals surface area contributed by atoms with E-state index in [1.54, 1.807) is 11.1 Å². The highest BCUT2D eigenvalue weighted by atomic mass is 15.3. The van der Waals surface area contributed by atoms with Crippen LogP contribution in [0.4, 0.5) is 0 Å². The van der Waals surface area contributed by atoms with E-state index in [0.29, 0.717) is 11.3 Å². The van der Waals surface area contributed by atoms with Gasteiger partial charge in [0.25, 0.3) is 0 Å². The average Bonchev–Trinajstić information content (AvgIpc) is 3.09. The summed E-state index contributed by atoms with van der Waals surface area (Å²) in [7, 11) is 2.26.